The lowest BCUT2D eigenvalue weighted by atomic mass is 9.88. The highest BCUT2D eigenvalue weighted by Gasteiger charge is 2.22. The van der Waals surface area contributed by atoms with Gasteiger partial charge in [-0.1, -0.05) is 34.6 Å². The van der Waals surface area contributed by atoms with Gasteiger partial charge in [-0.05, 0) is 17.7 Å². The van der Waals surface area contributed by atoms with Crippen LogP contribution in [0.5, 0.6) is 0 Å². The zero-order valence-corrected chi connectivity index (χ0v) is 10.1. The molecule has 0 saturated heterocycles. The molecule has 74 valence electrons. The van der Waals surface area contributed by atoms with Crippen LogP contribution in [0.3, 0.4) is 0 Å². The number of hydrogen-bond donors (Lipinski definition) is 1. The second kappa shape index (κ2) is 5.13. The number of hydrogen-bond acceptors (Lipinski definition) is 2. The Morgan fingerprint density at radius 2 is 1.75 bits per heavy atom. The smallest absolute Gasteiger partial charge is 0.0203 e. The van der Waals surface area contributed by atoms with Gasteiger partial charge >= 0.3 is 0 Å². The monoisotopic (exact) mass is 189 g/mol. The van der Waals surface area contributed by atoms with E-state index in [1.54, 1.807) is 0 Å². The molecule has 0 aromatic rings. The normalized spacial score (nSPS) is 15.2. The Hall–Kier alpha value is 0.310. The van der Waals surface area contributed by atoms with Crippen molar-refractivity contribution < 1.29 is 0 Å². The van der Waals surface area contributed by atoms with Crippen molar-refractivity contribution in [2.45, 2.75) is 45.9 Å². The summed E-state index contributed by atoms with van der Waals surface area (Å²) in [6.07, 6.45) is 0. The van der Waals surface area contributed by atoms with Crippen LogP contribution in [0.2, 0.25) is 0 Å². The lowest BCUT2D eigenvalue weighted by Gasteiger charge is -2.30. The molecule has 0 aliphatic rings. The fourth-order valence-corrected chi connectivity index (χ4v) is 2.30. The molecule has 1 nitrogen and oxygen atoms in total. The van der Waals surface area contributed by atoms with Crippen LogP contribution < -0.4 is 5.32 Å². The van der Waals surface area contributed by atoms with E-state index in [1.165, 1.54) is 5.75 Å². The van der Waals surface area contributed by atoms with E-state index in [9.17, 15) is 0 Å². The van der Waals surface area contributed by atoms with Crippen LogP contribution in [0.25, 0.3) is 0 Å². The minimum Gasteiger partial charge on any atom is -0.316 e. The van der Waals surface area contributed by atoms with Gasteiger partial charge in [0.05, 0.1) is 0 Å². The van der Waals surface area contributed by atoms with E-state index in [4.69, 9.17) is 0 Å². The third-order valence-electron chi connectivity index (χ3n) is 1.99. The molecule has 1 unspecified atom stereocenters. The molecule has 0 fully saturated rings. The second-order valence-electron chi connectivity index (χ2n) is 4.59. The SMILES string of the molecule is CNC(CSC(C)C)C(C)(C)C. The van der Waals surface area contributed by atoms with E-state index < -0.39 is 0 Å². The first kappa shape index (κ1) is 12.3. The highest BCUT2D eigenvalue weighted by molar-refractivity contribution is 7.99. The summed E-state index contributed by atoms with van der Waals surface area (Å²) >= 11 is 2.03. The average Bonchev–Trinajstić information content (AvgIpc) is 1.85. The van der Waals surface area contributed by atoms with Gasteiger partial charge in [0.15, 0.2) is 0 Å². The van der Waals surface area contributed by atoms with Crippen molar-refractivity contribution >= 4 is 11.8 Å². The van der Waals surface area contributed by atoms with Crippen molar-refractivity contribution in [3.8, 4) is 0 Å². The molecule has 0 aromatic heterocycles. The molecule has 0 radical (unpaired) electrons. The molecule has 2 heteroatoms. The highest BCUT2D eigenvalue weighted by atomic mass is 32.2. The van der Waals surface area contributed by atoms with Crippen LogP contribution in [-0.2, 0) is 0 Å². The third-order valence-corrected chi connectivity index (χ3v) is 3.18. The van der Waals surface area contributed by atoms with Crippen molar-refractivity contribution in [1.82, 2.24) is 5.32 Å². The molecule has 0 aliphatic heterocycles. The van der Waals surface area contributed by atoms with Crippen molar-refractivity contribution in [1.29, 1.82) is 0 Å². The Balaban J connectivity index is 3.84. The van der Waals surface area contributed by atoms with Crippen molar-refractivity contribution in [2.24, 2.45) is 5.41 Å². The standard InChI is InChI=1S/C10H23NS/c1-8(2)12-7-9(11-6)10(3,4)5/h8-9,11H,7H2,1-6H3. The van der Waals surface area contributed by atoms with E-state index in [2.05, 4.69) is 47.0 Å². The molecule has 0 heterocycles. The summed E-state index contributed by atoms with van der Waals surface area (Å²) in [5.74, 6) is 1.21. The van der Waals surface area contributed by atoms with Gasteiger partial charge in [0, 0.05) is 11.8 Å². The summed E-state index contributed by atoms with van der Waals surface area (Å²) in [5.41, 5.74) is 0.372. The van der Waals surface area contributed by atoms with Crippen LogP contribution in [0.15, 0.2) is 0 Å². The van der Waals surface area contributed by atoms with Gasteiger partial charge in [-0.3, -0.25) is 0 Å². The van der Waals surface area contributed by atoms with Gasteiger partial charge < -0.3 is 5.32 Å². The van der Waals surface area contributed by atoms with Crippen molar-refractivity contribution in [3.05, 3.63) is 0 Å². The van der Waals surface area contributed by atoms with Crippen LogP contribution in [0.1, 0.15) is 34.6 Å². The van der Waals surface area contributed by atoms with Gasteiger partial charge in [0.2, 0.25) is 0 Å². The van der Waals surface area contributed by atoms with Gasteiger partial charge in [-0.2, -0.15) is 11.8 Å². The number of nitrogens with one attached hydrogen (secondary N) is 1. The molecule has 1 atom stereocenters. The van der Waals surface area contributed by atoms with Crippen molar-refractivity contribution in [2.75, 3.05) is 12.8 Å². The minimum absolute atomic E-state index is 0.372. The molecule has 0 rings (SSSR count). The topological polar surface area (TPSA) is 12.0 Å². The molecule has 0 aliphatic carbocycles. The lowest BCUT2D eigenvalue weighted by molar-refractivity contribution is 0.305. The summed E-state index contributed by atoms with van der Waals surface area (Å²) < 4.78 is 0. The molecule has 0 spiro atoms. The summed E-state index contributed by atoms with van der Waals surface area (Å²) in [4.78, 5) is 0. The molecule has 12 heavy (non-hydrogen) atoms. The molecule has 1 N–H and O–H groups in total. The quantitative estimate of drug-likeness (QED) is 0.730. The van der Waals surface area contributed by atoms with Crippen LogP contribution >= 0.6 is 11.8 Å². The molecule has 0 saturated carbocycles. The Morgan fingerprint density at radius 1 is 1.25 bits per heavy atom. The number of thioether (sulfide) groups is 1. The zero-order valence-electron chi connectivity index (χ0n) is 9.27. The van der Waals surface area contributed by atoms with E-state index >= 15 is 0 Å². The van der Waals surface area contributed by atoms with E-state index in [0.29, 0.717) is 11.5 Å². The predicted molar refractivity (Wildman–Crippen MR) is 59.9 cm³/mol. The molecular formula is C10H23NS. The highest BCUT2D eigenvalue weighted by Crippen LogP contribution is 2.23. The fourth-order valence-electron chi connectivity index (χ4n) is 1.06. The molecule has 0 bridgehead atoms. The first-order chi connectivity index (χ1) is 5.38. The Morgan fingerprint density at radius 3 is 2.00 bits per heavy atom. The van der Waals surface area contributed by atoms with Gasteiger partial charge in [0.1, 0.15) is 0 Å². The molecular weight excluding hydrogens is 166 g/mol. The van der Waals surface area contributed by atoms with Crippen LogP contribution in [-0.4, -0.2) is 24.1 Å². The summed E-state index contributed by atoms with van der Waals surface area (Å²) in [5, 5.41) is 4.12. The Labute approximate surface area is 81.7 Å². The predicted octanol–water partition coefficient (Wildman–Crippen LogP) is 2.76. The second-order valence-corrected chi connectivity index (χ2v) is 6.20. The maximum Gasteiger partial charge on any atom is 0.0203 e. The maximum absolute atomic E-state index is 3.38. The Bertz CT molecular complexity index is 115. The summed E-state index contributed by atoms with van der Waals surface area (Å²) in [7, 11) is 2.05. The molecule has 0 amide bonds. The van der Waals surface area contributed by atoms with Crippen molar-refractivity contribution in [3.63, 3.8) is 0 Å². The van der Waals surface area contributed by atoms with Crippen LogP contribution in [0.4, 0.5) is 0 Å². The fraction of sp³-hybridized carbons (Fsp3) is 1.00. The average molecular weight is 189 g/mol. The van der Waals surface area contributed by atoms with E-state index in [0.717, 1.165) is 5.25 Å². The van der Waals surface area contributed by atoms with Gasteiger partial charge in [-0.25, -0.2) is 0 Å². The van der Waals surface area contributed by atoms with Crippen LogP contribution in [0, 0.1) is 5.41 Å². The summed E-state index contributed by atoms with van der Waals surface area (Å²) in [6.45, 7) is 11.4. The summed E-state index contributed by atoms with van der Waals surface area (Å²) in [6, 6.07) is 0.616. The van der Waals surface area contributed by atoms with Gasteiger partial charge in [0.25, 0.3) is 0 Å². The minimum atomic E-state index is 0.372. The zero-order chi connectivity index (χ0) is 9.78. The first-order valence-electron chi connectivity index (χ1n) is 4.66. The van der Waals surface area contributed by atoms with Gasteiger partial charge in [-0.15, -0.1) is 0 Å². The largest absolute Gasteiger partial charge is 0.316 e. The van der Waals surface area contributed by atoms with E-state index in [1.807, 2.05) is 11.8 Å². The van der Waals surface area contributed by atoms with E-state index in [-0.39, 0.29) is 0 Å². The maximum atomic E-state index is 3.38. The Kier molecular flexibility index (Phi) is 5.26. The first-order valence-corrected chi connectivity index (χ1v) is 5.71. The lowest BCUT2D eigenvalue weighted by Crippen LogP contribution is -2.40. The molecule has 0 aromatic carbocycles. The number of rotatable bonds is 4. The third kappa shape index (κ3) is 5.04.